The molecule has 5 heterocycles. The van der Waals surface area contributed by atoms with Crippen molar-refractivity contribution < 1.29 is 4.42 Å². The van der Waals surface area contributed by atoms with Crippen LogP contribution in [0.3, 0.4) is 0 Å². The molecule has 0 bridgehead atoms. The van der Waals surface area contributed by atoms with Gasteiger partial charge in [-0.3, -0.25) is 4.57 Å². The van der Waals surface area contributed by atoms with Crippen molar-refractivity contribution in [2.24, 2.45) is 0 Å². The molecule has 0 aliphatic rings. The Morgan fingerprint density at radius 1 is 0.353 bits per heavy atom. The van der Waals surface area contributed by atoms with Crippen molar-refractivity contribution in [1.29, 1.82) is 0 Å². The van der Waals surface area contributed by atoms with Crippen LogP contribution in [0.1, 0.15) is 0 Å². The zero-order valence-corrected chi connectivity index (χ0v) is 27.4. The first kappa shape index (κ1) is 27.9. The Morgan fingerprint density at radius 2 is 0.843 bits per heavy atom. The summed E-state index contributed by atoms with van der Waals surface area (Å²) in [6, 6.07) is 59.4. The maximum atomic E-state index is 6.35. The second-order valence-corrected chi connectivity index (χ2v) is 13.0. The lowest BCUT2D eigenvalue weighted by molar-refractivity contribution is 0.669. The van der Waals surface area contributed by atoms with E-state index in [9.17, 15) is 0 Å². The van der Waals surface area contributed by atoms with Crippen LogP contribution in [0.5, 0.6) is 0 Å². The number of aromatic nitrogens is 4. The van der Waals surface area contributed by atoms with Gasteiger partial charge in [-0.1, -0.05) is 84.9 Å². The van der Waals surface area contributed by atoms with Gasteiger partial charge in [-0.15, -0.1) is 0 Å². The Labute approximate surface area is 292 Å². The van der Waals surface area contributed by atoms with Crippen molar-refractivity contribution >= 4 is 65.6 Å². The summed E-state index contributed by atoms with van der Waals surface area (Å²) >= 11 is 0. The topological polar surface area (TPSA) is 48.8 Å². The molecule has 0 saturated heterocycles. The van der Waals surface area contributed by atoms with Crippen molar-refractivity contribution in [2.45, 2.75) is 0 Å². The summed E-state index contributed by atoms with van der Waals surface area (Å²) in [4.78, 5) is 10.3. The summed E-state index contributed by atoms with van der Waals surface area (Å²) < 4.78 is 10.9. The first-order valence-corrected chi connectivity index (χ1v) is 17.2. The molecule has 5 heteroatoms. The summed E-state index contributed by atoms with van der Waals surface area (Å²) in [6.07, 6.45) is 0. The summed E-state index contributed by atoms with van der Waals surface area (Å²) in [5.41, 5.74) is 11.0. The van der Waals surface area contributed by atoms with E-state index >= 15 is 0 Å². The van der Waals surface area contributed by atoms with Gasteiger partial charge in [0, 0.05) is 43.6 Å². The number of hydrogen-bond donors (Lipinski definition) is 0. The summed E-state index contributed by atoms with van der Waals surface area (Å²) in [6.45, 7) is 0. The van der Waals surface area contributed by atoms with E-state index in [1.165, 1.54) is 32.6 Å². The molecule has 0 amide bonds. The van der Waals surface area contributed by atoms with Crippen LogP contribution in [0, 0.1) is 0 Å². The Balaban J connectivity index is 1.02. The Kier molecular flexibility index (Phi) is 5.89. The van der Waals surface area contributed by atoms with Crippen LogP contribution >= 0.6 is 0 Å². The lowest BCUT2D eigenvalue weighted by Crippen LogP contribution is -1.99. The quantitative estimate of drug-likeness (QED) is 0.190. The van der Waals surface area contributed by atoms with Crippen LogP contribution in [-0.4, -0.2) is 19.1 Å². The van der Waals surface area contributed by atoms with Gasteiger partial charge in [0.2, 0.25) is 0 Å². The van der Waals surface area contributed by atoms with Crippen molar-refractivity contribution in [1.82, 2.24) is 19.1 Å². The second-order valence-electron chi connectivity index (χ2n) is 13.0. The molecule has 0 N–H and O–H groups in total. The van der Waals surface area contributed by atoms with Crippen LogP contribution in [0.15, 0.2) is 174 Å². The van der Waals surface area contributed by atoms with Crippen LogP contribution in [0.25, 0.3) is 99.7 Å². The van der Waals surface area contributed by atoms with E-state index in [0.717, 1.165) is 67.1 Å². The molecule has 5 aromatic heterocycles. The minimum absolute atomic E-state index is 0.820. The number of benzene rings is 6. The Bertz CT molecular complexity index is 3060. The van der Waals surface area contributed by atoms with E-state index in [2.05, 4.69) is 167 Å². The normalized spacial score (nSPS) is 11.9. The average molecular weight is 653 g/mol. The summed E-state index contributed by atoms with van der Waals surface area (Å²) in [5.74, 6) is 0.863. The highest BCUT2D eigenvalue weighted by atomic mass is 16.3. The first-order valence-electron chi connectivity index (χ1n) is 17.2. The van der Waals surface area contributed by atoms with E-state index in [1.807, 2.05) is 12.1 Å². The number of nitrogens with zero attached hydrogens (tertiary/aromatic N) is 4. The molecule has 11 aromatic rings. The maximum absolute atomic E-state index is 6.35. The van der Waals surface area contributed by atoms with E-state index in [4.69, 9.17) is 14.4 Å². The third kappa shape index (κ3) is 4.22. The molecule has 11 rings (SSSR count). The minimum atomic E-state index is 0.820. The van der Waals surface area contributed by atoms with Crippen molar-refractivity contribution in [3.63, 3.8) is 0 Å². The highest BCUT2D eigenvalue weighted by Gasteiger charge is 2.16. The van der Waals surface area contributed by atoms with Crippen LogP contribution < -0.4 is 0 Å². The smallest absolute Gasteiger partial charge is 0.138 e. The van der Waals surface area contributed by atoms with Gasteiger partial charge in [-0.2, -0.15) is 0 Å². The lowest BCUT2D eigenvalue weighted by Gasteiger charge is -2.10. The molecule has 5 nitrogen and oxygen atoms in total. The standard InChI is InChI=1S/C46H28N4O/c1-5-18-40-31(11-1)32-12-2-6-19-41(32)49(40)30-24-26-45-36(28-30)35-27-29(23-25-44(35)51-45)37-15-9-16-38(47-37)39-17-10-22-46(48-39)50-42-20-7-3-13-33(42)34-14-4-8-21-43(34)50/h1-28H. The number of furan rings is 1. The first-order chi connectivity index (χ1) is 25.3. The molecule has 51 heavy (non-hydrogen) atoms. The van der Waals surface area contributed by atoms with E-state index in [-0.39, 0.29) is 0 Å². The molecule has 238 valence electrons. The van der Waals surface area contributed by atoms with Gasteiger partial charge in [0.05, 0.1) is 39.1 Å². The number of rotatable bonds is 4. The molecule has 0 unspecified atom stereocenters. The highest BCUT2D eigenvalue weighted by Crippen LogP contribution is 2.37. The summed E-state index contributed by atoms with van der Waals surface area (Å²) in [7, 11) is 0. The van der Waals surface area contributed by atoms with Gasteiger partial charge in [-0.05, 0) is 84.9 Å². The van der Waals surface area contributed by atoms with Crippen LogP contribution in [0.4, 0.5) is 0 Å². The van der Waals surface area contributed by atoms with E-state index in [0.29, 0.717) is 0 Å². The predicted molar refractivity (Wildman–Crippen MR) is 209 cm³/mol. The monoisotopic (exact) mass is 652 g/mol. The highest BCUT2D eigenvalue weighted by molar-refractivity contribution is 6.11. The zero-order chi connectivity index (χ0) is 33.5. The average Bonchev–Trinajstić information content (AvgIpc) is 3.85. The SMILES string of the molecule is c1cc(-c2ccc3oc4ccc(-n5c6ccccc6c6ccccc65)cc4c3c2)nc(-c2cccc(-n3c4ccccc4c4ccccc43)n2)c1. The molecular formula is C46H28N4O. The molecule has 0 radical (unpaired) electrons. The van der Waals surface area contributed by atoms with Crippen molar-refractivity contribution in [2.75, 3.05) is 0 Å². The number of pyridine rings is 2. The molecular weight excluding hydrogens is 625 g/mol. The maximum Gasteiger partial charge on any atom is 0.138 e. The van der Waals surface area contributed by atoms with Gasteiger partial charge in [0.15, 0.2) is 0 Å². The van der Waals surface area contributed by atoms with Crippen molar-refractivity contribution in [3.05, 3.63) is 170 Å². The number of fused-ring (bicyclic) bond motifs is 9. The largest absolute Gasteiger partial charge is 0.456 e. The third-order valence-electron chi connectivity index (χ3n) is 10.1. The van der Waals surface area contributed by atoms with E-state index < -0.39 is 0 Å². The van der Waals surface area contributed by atoms with Crippen molar-refractivity contribution in [3.8, 4) is 34.2 Å². The molecule has 6 aromatic carbocycles. The fourth-order valence-electron chi connectivity index (χ4n) is 7.86. The third-order valence-corrected chi connectivity index (χ3v) is 10.1. The molecule has 0 aliphatic carbocycles. The molecule has 0 aliphatic heterocycles. The Hall–Kier alpha value is -6.98. The molecule has 0 fully saturated rings. The summed E-state index contributed by atoms with van der Waals surface area (Å²) in [5, 5.41) is 7.04. The van der Waals surface area contributed by atoms with Gasteiger partial charge >= 0.3 is 0 Å². The van der Waals surface area contributed by atoms with E-state index in [1.54, 1.807) is 0 Å². The minimum Gasteiger partial charge on any atom is -0.456 e. The second kappa shape index (κ2) is 10.8. The zero-order valence-electron chi connectivity index (χ0n) is 27.4. The van der Waals surface area contributed by atoms with Gasteiger partial charge in [-0.25, -0.2) is 9.97 Å². The van der Waals surface area contributed by atoms with Gasteiger partial charge < -0.3 is 8.98 Å². The molecule has 0 saturated carbocycles. The van der Waals surface area contributed by atoms with Gasteiger partial charge in [0.1, 0.15) is 17.0 Å². The van der Waals surface area contributed by atoms with Crippen LogP contribution in [-0.2, 0) is 0 Å². The fourth-order valence-corrected chi connectivity index (χ4v) is 7.86. The predicted octanol–water partition coefficient (Wildman–Crippen LogP) is 11.9. The fraction of sp³-hybridized carbons (Fsp3) is 0. The number of para-hydroxylation sites is 4. The van der Waals surface area contributed by atoms with Gasteiger partial charge in [0.25, 0.3) is 0 Å². The van der Waals surface area contributed by atoms with Crippen LogP contribution in [0.2, 0.25) is 0 Å². The lowest BCUT2D eigenvalue weighted by atomic mass is 10.1. The molecule has 0 spiro atoms. The number of hydrogen-bond acceptors (Lipinski definition) is 3. The molecule has 0 atom stereocenters. The Morgan fingerprint density at radius 3 is 1.47 bits per heavy atom.